The van der Waals surface area contributed by atoms with Crippen LogP contribution in [0.4, 0.5) is 5.69 Å². The van der Waals surface area contributed by atoms with Gasteiger partial charge >= 0.3 is 0 Å². The number of anilines is 1. The van der Waals surface area contributed by atoms with Crippen LogP contribution in [-0.4, -0.2) is 11.0 Å². The first-order valence-corrected chi connectivity index (χ1v) is 8.01. The Balaban J connectivity index is 2.03. The molecule has 1 aliphatic rings. The molecule has 0 spiro atoms. The van der Waals surface area contributed by atoms with Gasteiger partial charge in [0.25, 0.3) is 5.91 Å². The summed E-state index contributed by atoms with van der Waals surface area (Å²) in [5, 5.41) is 13.3. The largest absolute Gasteiger partial charge is 0.506 e. The molecule has 2 aromatic rings. The second kappa shape index (κ2) is 5.75. The molecule has 0 bridgehead atoms. The molecule has 0 unspecified atom stereocenters. The van der Waals surface area contributed by atoms with Gasteiger partial charge in [-0.1, -0.05) is 35.5 Å². The van der Waals surface area contributed by atoms with Crippen LogP contribution in [0, 0.1) is 0 Å². The van der Waals surface area contributed by atoms with Gasteiger partial charge in [-0.15, -0.1) is 0 Å². The van der Waals surface area contributed by atoms with Gasteiger partial charge in [-0.25, -0.2) is 0 Å². The number of phenolic OH excluding ortho intramolecular Hbond substituents is 1. The molecule has 0 aliphatic carbocycles. The number of carbonyl (C=O) groups is 1. The number of hydrogen-bond donors (Lipinski definition) is 2. The Morgan fingerprint density at radius 3 is 2.86 bits per heavy atom. The normalized spacial score (nSPS) is 15.7. The highest BCUT2D eigenvalue weighted by Crippen LogP contribution is 2.40. The molecule has 2 aromatic carbocycles. The van der Waals surface area contributed by atoms with Crippen molar-refractivity contribution in [3.05, 3.63) is 56.4 Å². The summed E-state index contributed by atoms with van der Waals surface area (Å²) in [4.78, 5) is 13.6. The van der Waals surface area contributed by atoms with Crippen molar-refractivity contribution in [2.45, 2.75) is 4.90 Å². The molecule has 1 amide bonds. The van der Waals surface area contributed by atoms with E-state index in [0.29, 0.717) is 20.0 Å². The Morgan fingerprint density at radius 1 is 1.29 bits per heavy atom. The molecule has 0 radical (unpaired) electrons. The zero-order valence-corrected chi connectivity index (χ0v) is 13.7. The molecule has 6 heteroatoms. The van der Waals surface area contributed by atoms with Gasteiger partial charge in [0, 0.05) is 15.5 Å². The lowest BCUT2D eigenvalue weighted by Crippen LogP contribution is -2.17. The number of hydrogen-bond acceptors (Lipinski definition) is 3. The molecule has 106 valence electrons. The number of phenols is 1. The molecule has 0 atom stereocenters. The van der Waals surface area contributed by atoms with E-state index < -0.39 is 0 Å². The summed E-state index contributed by atoms with van der Waals surface area (Å²) in [5.41, 5.74) is 1.28. The topological polar surface area (TPSA) is 49.3 Å². The van der Waals surface area contributed by atoms with Crippen LogP contribution in [0.5, 0.6) is 5.75 Å². The van der Waals surface area contributed by atoms with Crippen LogP contribution < -0.4 is 5.32 Å². The number of para-hydroxylation sites is 1. The van der Waals surface area contributed by atoms with E-state index in [0.717, 1.165) is 10.6 Å². The zero-order chi connectivity index (χ0) is 15.0. The van der Waals surface area contributed by atoms with E-state index in [-0.39, 0.29) is 11.7 Å². The highest BCUT2D eigenvalue weighted by atomic mass is 79.9. The Hall–Kier alpha value is -1.43. The average Bonchev–Trinajstić information content (AvgIpc) is 2.45. The van der Waals surface area contributed by atoms with Crippen molar-refractivity contribution in [2.24, 2.45) is 0 Å². The fraction of sp³-hybridized carbons (Fsp3) is 0. The molecule has 1 aliphatic heterocycles. The van der Waals surface area contributed by atoms with Crippen molar-refractivity contribution in [2.75, 3.05) is 5.32 Å². The number of thioether (sulfide) groups is 1. The van der Waals surface area contributed by atoms with Crippen molar-refractivity contribution in [1.29, 1.82) is 0 Å². The summed E-state index contributed by atoms with van der Waals surface area (Å²) >= 11 is 10.6. The van der Waals surface area contributed by atoms with Gasteiger partial charge in [-0.2, -0.15) is 0 Å². The first-order chi connectivity index (χ1) is 10.0. The van der Waals surface area contributed by atoms with Crippen molar-refractivity contribution >= 4 is 57.0 Å². The SMILES string of the molecule is O=C1Nc2ccccc2S/C1=C\c1cc(Cl)cc(Br)c1O. The monoisotopic (exact) mass is 381 g/mol. The molecule has 21 heavy (non-hydrogen) atoms. The summed E-state index contributed by atoms with van der Waals surface area (Å²) in [5.74, 6) is -0.145. The maximum atomic E-state index is 12.1. The third kappa shape index (κ3) is 2.95. The standard InChI is InChI=1S/C15H9BrClNO2S/c16-10-7-9(17)5-8(14(10)19)6-13-15(20)18-11-3-1-2-4-12(11)21-13/h1-7,19H,(H,18,20)/b13-6-. The molecule has 3 nitrogen and oxygen atoms in total. The predicted molar refractivity (Wildman–Crippen MR) is 89.7 cm³/mol. The van der Waals surface area contributed by atoms with Crippen LogP contribution in [0.25, 0.3) is 6.08 Å². The first-order valence-electron chi connectivity index (χ1n) is 6.02. The van der Waals surface area contributed by atoms with Gasteiger partial charge in [0.1, 0.15) is 5.75 Å². The summed E-state index contributed by atoms with van der Waals surface area (Å²) in [6.07, 6.45) is 1.63. The second-order valence-electron chi connectivity index (χ2n) is 4.39. The van der Waals surface area contributed by atoms with E-state index in [1.165, 1.54) is 11.8 Å². The summed E-state index contributed by atoms with van der Waals surface area (Å²) in [6.45, 7) is 0. The lowest BCUT2D eigenvalue weighted by molar-refractivity contribution is -0.112. The second-order valence-corrected chi connectivity index (χ2v) is 6.76. The highest BCUT2D eigenvalue weighted by Gasteiger charge is 2.21. The number of fused-ring (bicyclic) bond motifs is 1. The van der Waals surface area contributed by atoms with E-state index >= 15 is 0 Å². The van der Waals surface area contributed by atoms with Crippen LogP contribution in [0.15, 0.2) is 50.7 Å². The average molecular weight is 383 g/mol. The van der Waals surface area contributed by atoms with Gasteiger partial charge in [0.05, 0.1) is 15.1 Å². The Kier molecular flexibility index (Phi) is 3.97. The smallest absolute Gasteiger partial charge is 0.262 e. The maximum absolute atomic E-state index is 12.1. The summed E-state index contributed by atoms with van der Waals surface area (Å²) < 4.78 is 0.489. The Labute approximate surface area is 139 Å². The van der Waals surface area contributed by atoms with E-state index in [1.807, 2.05) is 24.3 Å². The van der Waals surface area contributed by atoms with Crippen molar-refractivity contribution in [1.82, 2.24) is 0 Å². The van der Waals surface area contributed by atoms with Crippen molar-refractivity contribution in [3.8, 4) is 5.75 Å². The number of carbonyl (C=O) groups excluding carboxylic acids is 1. The number of rotatable bonds is 1. The molecular formula is C15H9BrClNO2S. The molecule has 1 heterocycles. The van der Waals surface area contributed by atoms with Crippen LogP contribution >= 0.6 is 39.3 Å². The fourth-order valence-electron chi connectivity index (χ4n) is 1.94. The first kappa shape index (κ1) is 14.5. The van der Waals surface area contributed by atoms with E-state index in [1.54, 1.807) is 18.2 Å². The lowest BCUT2D eigenvalue weighted by Gasteiger charge is -2.18. The zero-order valence-electron chi connectivity index (χ0n) is 10.6. The highest BCUT2D eigenvalue weighted by molar-refractivity contribution is 9.10. The Morgan fingerprint density at radius 2 is 2.05 bits per heavy atom. The van der Waals surface area contributed by atoms with E-state index in [9.17, 15) is 9.90 Å². The number of amides is 1. The van der Waals surface area contributed by atoms with Crippen LogP contribution in [0.2, 0.25) is 5.02 Å². The number of halogens is 2. The predicted octanol–water partition coefficient (Wildman–Crippen LogP) is 4.89. The van der Waals surface area contributed by atoms with Gasteiger partial charge < -0.3 is 10.4 Å². The minimum atomic E-state index is -0.200. The molecule has 0 saturated carbocycles. The molecule has 0 saturated heterocycles. The quantitative estimate of drug-likeness (QED) is 0.690. The minimum absolute atomic E-state index is 0.0548. The molecule has 2 N–H and O–H groups in total. The van der Waals surface area contributed by atoms with Gasteiger partial charge in [-0.3, -0.25) is 4.79 Å². The minimum Gasteiger partial charge on any atom is -0.506 e. The third-order valence-corrected chi connectivity index (χ3v) is 4.84. The molecule has 3 rings (SSSR count). The summed E-state index contributed by atoms with van der Waals surface area (Å²) in [7, 11) is 0. The number of nitrogens with one attached hydrogen (secondary N) is 1. The van der Waals surface area contributed by atoms with Crippen LogP contribution in [0.3, 0.4) is 0 Å². The van der Waals surface area contributed by atoms with E-state index in [2.05, 4.69) is 21.2 Å². The molecular weight excluding hydrogens is 374 g/mol. The van der Waals surface area contributed by atoms with Crippen molar-refractivity contribution < 1.29 is 9.90 Å². The van der Waals surface area contributed by atoms with Gasteiger partial charge in [0.15, 0.2) is 0 Å². The van der Waals surface area contributed by atoms with E-state index in [4.69, 9.17) is 11.6 Å². The maximum Gasteiger partial charge on any atom is 0.262 e. The lowest BCUT2D eigenvalue weighted by atomic mass is 10.2. The third-order valence-electron chi connectivity index (χ3n) is 2.92. The number of aromatic hydroxyl groups is 1. The summed E-state index contributed by atoms with van der Waals surface area (Å²) in [6, 6.07) is 10.8. The Bertz CT molecular complexity index is 776. The fourth-order valence-corrected chi connectivity index (χ4v) is 3.72. The van der Waals surface area contributed by atoms with Gasteiger partial charge in [0.2, 0.25) is 0 Å². The molecule has 0 aromatic heterocycles. The number of benzene rings is 2. The van der Waals surface area contributed by atoms with Crippen LogP contribution in [-0.2, 0) is 4.79 Å². The van der Waals surface area contributed by atoms with Crippen LogP contribution in [0.1, 0.15) is 5.56 Å². The van der Waals surface area contributed by atoms with Crippen molar-refractivity contribution in [3.63, 3.8) is 0 Å². The van der Waals surface area contributed by atoms with Gasteiger partial charge in [-0.05, 0) is 46.3 Å². The molecule has 0 fully saturated rings.